The average Bonchev–Trinajstić information content (AvgIpc) is 1.72. The van der Waals surface area contributed by atoms with E-state index >= 15 is 0 Å². The highest BCUT2D eigenvalue weighted by Crippen LogP contribution is 2.47. The molecule has 8 heteroatoms. The van der Waals surface area contributed by atoms with E-state index < -0.39 is 0 Å². The third kappa shape index (κ3) is 8.05. The lowest BCUT2D eigenvalue weighted by Gasteiger charge is -2.23. The summed E-state index contributed by atoms with van der Waals surface area (Å²) in [5.74, 6) is 1.75. The molecule has 6 aromatic heterocycles. The average molecular weight is 1210 g/mol. The molecule has 0 fully saturated rings. The van der Waals surface area contributed by atoms with Gasteiger partial charge in [-0.15, -0.1) is 0 Å². The van der Waals surface area contributed by atoms with Crippen molar-refractivity contribution >= 4 is 109 Å². The number of benzene rings is 14. The van der Waals surface area contributed by atoms with Gasteiger partial charge in [0.25, 0.3) is 0 Å². The molecule has 0 spiro atoms. The number of nitrogens with zero attached hydrogens (tertiary/aromatic N) is 8. The predicted octanol–water partition coefficient (Wildman–Crippen LogP) is 22.0. The number of aromatic nitrogens is 8. The molecule has 20 aromatic rings. The maximum Gasteiger partial charge on any atom is 0.164 e. The van der Waals surface area contributed by atoms with Gasteiger partial charge in [-0.3, -0.25) is 0 Å². The lowest BCUT2D eigenvalue weighted by atomic mass is 10.0. The van der Waals surface area contributed by atoms with Crippen molar-refractivity contribution in [3.05, 3.63) is 328 Å². The molecule has 0 amide bonds. The van der Waals surface area contributed by atoms with Crippen LogP contribution in [0.1, 0.15) is 0 Å². The summed E-state index contributed by atoms with van der Waals surface area (Å²) >= 11 is 0. The molecule has 14 aromatic carbocycles. The second kappa shape index (κ2) is 20.8. The van der Waals surface area contributed by atoms with E-state index in [4.69, 9.17) is 15.0 Å². The normalized spacial score (nSPS) is 12.0. The van der Waals surface area contributed by atoms with E-state index in [-0.39, 0.29) is 0 Å². The minimum atomic E-state index is 0.562. The third-order valence-electron chi connectivity index (χ3n) is 19.5. The molecule has 0 saturated heterocycles. The monoisotopic (exact) mass is 1210 g/mol. The number of fused-ring (bicyclic) bond motifs is 15. The Kier molecular flexibility index (Phi) is 11.6. The van der Waals surface area contributed by atoms with Gasteiger partial charge in [-0.05, 0) is 120 Å². The van der Waals surface area contributed by atoms with E-state index in [0.29, 0.717) is 17.5 Å². The highest BCUT2D eigenvalue weighted by atomic mass is 15.1. The Labute approximate surface area is 545 Å². The van der Waals surface area contributed by atoms with Gasteiger partial charge in [0.05, 0.1) is 72.2 Å². The predicted molar refractivity (Wildman–Crippen MR) is 393 cm³/mol. The van der Waals surface area contributed by atoms with Crippen LogP contribution >= 0.6 is 0 Å². The van der Waals surface area contributed by atoms with Crippen molar-refractivity contribution < 1.29 is 0 Å². The fraction of sp³-hybridized carbons (Fsp3) is 0. The van der Waals surface area contributed by atoms with Gasteiger partial charge in [-0.25, -0.2) is 15.0 Å². The molecular formula is C87H54N8. The molecule has 0 unspecified atom stereocenters. The van der Waals surface area contributed by atoms with Crippen molar-refractivity contribution in [3.63, 3.8) is 0 Å². The Morgan fingerprint density at radius 3 is 0.863 bits per heavy atom. The first-order chi connectivity index (χ1) is 47.1. The maximum absolute atomic E-state index is 5.46. The Morgan fingerprint density at radius 1 is 0.168 bits per heavy atom. The molecule has 6 heterocycles. The van der Waals surface area contributed by atoms with E-state index in [9.17, 15) is 0 Å². The number of hydrogen-bond acceptors (Lipinski definition) is 3. The van der Waals surface area contributed by atoms with Crippen LogP contribution in [0.5, 0.6) is 0 Å². The zero-order valence-electron chi connectivity index (χ0n) is 51.3. The molecule has 95 heavy (non-hydrogen) atoms. The van der Waals surface area contributed by atoms with Crippen LogP contribution in [0.2, 0.25) is 0 Å². The van der Waals surface area contributed by atoms with Crippen LogP contribution in [0.25, 0.3) is 183 Å². The Hall–Kier alpha value is -12.9. The second-order valence-corrected chi connectivity index (χ2v) is 24.7. The van der Waals surface area contributed by atoms with E-state index in [1.165, 1.54) is 43.7 Å². The molecule has 0 aliphatic rings. The van der Waals surface area contributed by atoms with Crippen LogP contribution in [0, 0.1) is 0 Å². The summed E-state index contributed by atoms with van der Waals surface area (Å²) in [5.41, 5.74) is 21.3. The highest BCUT2D eigenvalue weighted by molar-refractivity contribution is 6.16. The van der Waals surface area contributed by atoms with Gasteiger partial charge in [0.2, 0.25) is 0 Å². The molecule has 0 atom stereocenters. The summed E-state index contributed by atoms with van der Waals surface area (Å²) < 4.78 is 12.3. The molecule has 0 saturated carbocycles. The molecule has 8 nitrogen and oxygen atoms in total. The molecule has 20 rings (SSSR count). The van der Waals surface area contributed by atoms with Crippen molar-refractivity contribution in [1.82, 2.24) is 37.8 Å². The lowest BCUT2D eigenvalue weighted by molar-refractivity contribution is 1.04. The fourth-order valence-electron chi connectivity index (χ4n) is 15.4. The Morgan fingerprint density at radius 2 is 0.453 bits per heavy atom. The minimum Gasteiger partial charge on any atom is -0.309 e. The zero-order valence-corrected chi connectivity index (χ0v) is 51.3. The molecular weight excluding hydrogens is 1160 g/mol. The lowest BCUT2D eigenvalue weighted by Crippen LogP contribution is -2.10. The summed E-state index contributed by atoms with van der Waals surface area (Å²) in [6.45, 7) is 0. The van der Waals surface area contributed by atoms with Crippen molar-refractivity contribution in [1.29, 1.82) is 0 Å². The summed E-state index contributed by atoms with van der Waals surface area (Å²) in [6.07, 6.45) is 0. The van der Waals surface area contributed by atoms with Gasteiger partial charge in [0.15, 0.2) is 17.5 Å². The van der Waals surface area contributed by atoms with E-state index in [0.717, 1.165) is 122 Å². The van der Waals surface area contributed by atoms with E-state index in [1.54, 1.807) is 0 Å². The van der Waals surface area contributed by atoms with E-state index in [1.807, 2.05) is 36.4 Å². The largest absolute Gasteiger partial charge is 0.309 e. The number of rotatable bonds is 9. The summed E-state index contributed by atoms with van der Waals surface area (Å²) in [7, 11) is 0. The fourth-order valence-corrected chi connectivity index (χ4v) is 15.4. The SMILES string of the molecule is c1ccc(-c2nc(-c3ccccc3)nc(-c3cc(-n4c5ccccc5c5ccccc54)c(-n4c5ccccc5c5cc(-n6c7ccccc7c7cc(-c8ccc9c(c8)c8ccccc8n9-c8ccccc8)ccc76)ccc54)c(-n4c5ccccc5c5ccccc54)c3)n2)cc1. The summed E-state index contributed by atoms with van der Waals surface area (Å²) in [4.78, 5) is 16.1. The Balaban J connectivity index is 0.854. The highest BCUT2D eigenvalue weighted by Gasteiger charge is 2.28. The zero-order chi connectivity index (χ0) is 62.2. The molecule has 442 valence electrons. The van der Waals surface area contributed by atoms with Crippen molar-refractivity contribution in [2.75, 3.05) is 0 Å². The van der Waals surface area contributed by atoms with Gasteiger partial charge in [0, 0.05) is 81.9 Å². The molecule has 0 radical (unpaired) electrons. The van der Waals surface area contributed by atoms with Crippen molar-refractivity contribution in [2.24, 2.45) is 0 Å². The number of hydrogen-bond donors (Lipinski definition) is 0. The maximum atomic E-state index is 5.46. The second-order valence-electron chi connectivity index (χ2n) is 24.7. The first-order valence-electron chi connectivity index (χ1n) is 32.3. The van der Waals surface area contributed by atoms with Crippen LogP contribution < -0.4 is 0 Å². The van der Waals surface area contributed by atoms with Crippen LogP contribution in [-0.4, -0.2) is 37.8 Å². The quantitative estimate of drug-likeness (QED) is 0.145. The van der Waals surface area contributed by atoms with Crippen LogP contribution in [-0.2, 0) is 0 Å². The topological polar surface area (TPSA) is 63.3 Å². The van der Waals surface area contributed by atoms with E-state index in [2.05, 4.69) is 314 Å². The van der Waals surface area contributed by atoms with Gasteiger partial charge < -0.3 is 22.8 Å². The smallest absolute Gasteiger partial charge is 0.164 e. The number of para-hydroxylation sites is 8. The standard InChI is InChI=1S/C87H54N8/c1-4-24-55(25-5-1)85-88-86(56-26-6-2-7-27-56)90-87(89-85)59-52-82(93-74-39-19-10-30-62(74)63-31-11-20-40-75(63)93)84(83(53-59)94-76-41-21-12-32-64(76)65-33-13-22-42-77(65)94)95-78-43-23-16-36-68(78)71-54-61(46-49-81(71)95)92-73-38-18-15-35-67(73)70-51-58(45-48-80(70)92)57-44-47-79-69(50-57)66-34-14-17-37-72(66)91(79)60-28-8-3-9-29-60/h1-54H. The molecule has 0 bridgehead atoms. The summed E-state index contributed by atoms with van der Waals surface area (Å²) in [6, 6.07) is 119. The van der Waals surface area contributed by atoms with Gasteiger partial charge >= 0.3 is 0 Å². The summed E-state index contributed by atoms with van der Waals surface area (Å²) in [5, 5.41) is 11.8. The van der Waals surface area contributed by atoms with Gasteiger partial charge in [-0.1, -0.05) is 218 Å². The molecule has 0 aliphatic heterocycles. The van der Waals surface area contributed by atoms with Crippen LogP contribution in [0.4, 0.5) is 0 Å². The minimum absolute atomic E-state index is 0.562. The molecule has 0 N–H and O–H groups in total. The van der Waals surface area contributed by atoms with Crippen LogP contribution in [0.3, 0.4) is 0 Å². The van der Waals surface area contributed by atoms with Gasteiger partial charge in [0.1, 0.15) is 0 Å². The van der Waals surface area contributed by atoms with Crippen LogP contribution in [0.15, 0.2) is 328 Å². The third-order valence-corrected chi connectivity index (χ3v) is 19.5. The first kappa shape index (κ1) is 52.8. The molecule has 0 aliphatic carbocycles. The first-order valence-corrected chi connectivity index (χ1v) is 32.3. The van der Waals surface area contributed by atoms with Crippen molar-refractivity contribution in [3.8, 4) is 73.7 Å². The Bertz CT molecular complexity index is 6220. The van der Waals surface area contributed by atoms with Gasteiger partial charge in [-0.2, -0.15) is 0 Å². The van der Waals surface area contributed by atoms with Crippen molar-refractivity contribution in [2.45, 2.75) is 0 Å².